The van der Waals surface area contributed by atoms with Gasteiger partial charge in [0.25, 0.3) is 5.91 Å². The molecule has 0 aromatic heterocycles. The number of para-hydroxylation sites is 1. The number of carbonyl (C=O) groups is 2. The molecule has 1 atom stereocenters. The highest BCUT2D eigenvalue weighted by Gasteiger charge is 2.31. The molecule has 6 heteroatoms. The summed E-state index contributed by atoms with van der Waals surface area (Å²) in [6.07, 6.45) is 0. The number of anilines is 1. The molecule has 31 heavy (non-hydrogen) atoms. The average Bonchev–Trinajstić information content (AvgIpc) is 2.79. The lowest BCUT2D eigenvalue weighted by molar-refractivity contribution is -0.113. The molecule has 0 radical (unpaired) electrons. The van der Waals surface area contributed by atoms with Crippen LogP contribution in [0.3, 0.4) is 0 Å². The monoisotopic (exact) mass is 413 g/mol. The second-order valence-electron chi connectivity index (χ2n) is 7.23. The molecule has 6 nitrogen and oxygen atoms in total. The molecule has 156 valence electrons. The van der Waals surface area contributed by atoms with Gasteiger partial charge in [0.1, 0.15) is 12.4 Å². The van der Waals surface area contributed by atoms with E-state index in [0.717, 1.165) is 11.1 Å². The molecule has 1 heterocycles. The number of allylic oxidation sites excluding steroid dienone is 1. The van der Waals surface area contributed by atoms with Crippen LogP contribution in [0.4, 0.5) is 10.5 Å². The normalized spacial score (nSPS) is 15.6. The Balaban J connectivity index is 1.52. The Morgan fingerprint density at radius 2 is 1.58 bits per heavy atom. The van der Waals surface area contributed by atoms with E-state index in [2.05, 4.69) is 16.0 Å². The molecule has 1 aliphatic rings. The van der Waals surface area contributed by atoms with E-state index in [4.69, 9.17) is 4.74 Å². The lowest BCUT2D eigenvalue weighted by Crippen LogP contribution is -2.45. The summed E-state index contributed by atoms with van der Waals surface area (Å²) in [5, 5.41) is 8.43. The molecule has 0 saturated carbocycles. The Bertz CT molecular complexity index is 1090. The van der Waals surface area contributed by atoms with E-state index in [0.29, 0.717) is 29.3 Å². The highest BCUT2D eigenvalue weighted by atomic mass is 16.5. The van der Waals surface area contributed by atoms with E-state index in [1.807, 2.05) is 84.9 Å². The summed E-state index contributed by atoms with van der Waals surface area (Å²) in [6, 6.07) is 25.6. The summed E-state index contributed by atoms with van der Waals surface area (Å²) in [6.45, 7) is 2.19. The number of hydrogen-bond donors (Lipinski definition) is 3. The van der Waals surface area contributed by atoms with Gasteiger partial charge in [-0.2, -0.15) is 0 Å². The number of carbonyl (C=O) groups excluding carboxylic acids is 2. The van der Waals surface area contributed by atoms with Gasteiger partial charge in [0.05, 0.1) is 11.6 Å². The molecule has 3 aromatic carbocycles. The molecule has 3 amide bonds. The van der Waals surface area contributed by atoms with E-state index in [1.165, 1.54) is 0 Å². The summed E-state index contributed by atoms with van der Waals surface area (Å²) < 4.78 is 5.84. The van der Waals surface area contributed by atoms with Gasteiger partial charge >= 0.3 is 6.03 Å². The third kappa shape index (κ3) is 4.93. The molecule has 0 saturated heterocycles. The standard InChI is InChI=1S/C25H23N3O3/c1-17-22(24(29)27-20-10-6-3-7-11-20)23(28-25(30)26-17)19-12-14-21(15-13-19)31-16-18-8-4-2-5-9-18/h2-15,23H,16H2,1H3,(H,27,29)(H2,26,28,30)/t23-/m0/s1. The van der Waals surface area contributed by atoms with E-state index in [-0.39, 0.29) is 11.9 Å². The molecular weight excluding hydrogens is 390 g/mol. The van der Waals surface area contributed by atoms with E-state index < -0.39 is 6.04 Å². The molecule has 0 spiro atoms. The van der Waals surface area contributed by atoms with Crippen molar-refractivity contribution in [1.82, 2.24) is 10.6 Å². The average molecular weight is 413 g/mol. The maximum atomic E-state index is 13.0. The zero-order chi connectivity index (χ0) is 21.6. The van der Waals surface area contributed by atoms with Crippen LogP contribution in [0.2, 0.25) is 0 Å². The topological polar surface area (TPSA) is 79.5 Å². The van der Waals surface area contributed by atoms with Crippen molar-refractivity contribution < 1.29 is 14.3 Å². The van der Waals surface area contributed by atoms with Gasteiger partial charge in [0, 0.05) is 11.4 Å². The Kier molecular flexibility index (Phi) is 5.98. The number of rotatable bonds is 6. The quantitative estimate of drug-likeness (QED) is 0.555. The molecule has 1 aliphatic heterocycles. The van der Waals surface area contributed by atoms with Crippen LogP contribution in [0.25, 0.3) is 0 Å². The van der Waals surface area contributed by atoms with Gasteiger partial charge in [0.2, 0.25) is 0 Å². The Morgan fingerprint density at radius 1 is 0.935 bits per heavy atom. The minimum atomic E-state index is -0.569. The molecule has 3 N–H and O–H groups in total. The van der Waals surface area contributed by atoms with Crippen LogP contribution in [0.5, 0.6) is 5.75 Å². The van der Waals surface area contributed by atoms with Crippen molar-refractivity contribution in [2.45, 2.75) is 19.6 Å². The smallest absolute Gasteiger partial charge is 0.319 e. The van der Waals surface area contributed by atoms with Crippen molar-refractivity contribution in [2.75, 3.05) is 5.32 Å². The fourth-order valence-electron chi connectivity index (χ4n) is 3.46. The van der Waals surface area contributed by atoms with Crippen LogP contribution in [-0.4, -0.2) is 11.9 Å². The van der Waals surface area contributed by atoms with Crippen molar-refractivity contribution in [3.8, 4) is 5.75 Å². The fourth-order valence-corrected chi connectivity index (χ4v) is 3.46. The van der Waals surface area contributed by atoms with Crippen LogP contribution in [0.1, 0.15) is 24.1 Å². The number of ether oxygens (including phenoxy) is 1. The number of hydrogen-bond acceptors (Lipinski definition) is 3. The van der Waals surface area contributed by atoms with Crippen molar-refractivity contribution in [1.29, 1.82) is 0 Å². The van der Waals surface area contributed by atoms with E-state index in [1.54, 1.807) is 6.92 Å². The van der Waals surface area contributed by atoms with Crippen molar-refractivity contribution in [3.05, 3.63) is 107 Å². The third-order valence-electron chi connectivity index (χ3n) is 5.01. The number of nitrogens with one attached hydrogen (secondary N) is 3. The predicted molar refractivity (Wildman–Crippen MR) is 119 cm³/mol. The van der Waals surface area contributed by atoms with Gasteiger partial charge in [-0.15, -0.1) is 0 Å². The Labute approximate surface area is 180 Å². The number of amides is 3. The van der Waals surface area contributed by atoms with Crippen LogP contribution in [-0.2, 0) is 11.4 Å². The van der Waals surface area contributed by atoms with Gasteiger partial charge in [-0.3, -0.25) is 4.79 Å². The van der Waals surface area contributed by atoms with Crippen LogP contribution in [0, 0.1) is 0 Å². The lowest BCUT2D eigenvalue weighted by Gasteiger charge is -2.28. The maximum Gasteiger partial charge on any atom is 0.319 e. The lowest BCUT2D eigenvalue weighted by atomic mass is 9.94. The van der Waals surface area contributed by atoms with E-state index in [9.17, 15) is 9.59 Å². The van der Waals surface area contributed by atoms with Crippen LogP contribution in [0.15, 0.2) is 96.2 Å². The summed E-state index contributed by atoms with van der Waals surface area (Å²) >= 11 is 0. The SMILES string of the molecule is CC1=C(C(=O)Nc2ccccc2)[C@H](c2ccc(OCc3ccccc3)cc2)NC(=O)N1. The van der Waals surface area contributed by atoms with Crippen LogP contribution < -0.4 is 20.7 Å². The van der Waals surface area contributed by atoms with Gasteiger partial charge in [-0.05, 0) is 42.3 Å². The van der Waals surface area contributed by atoms with Gasteiger partial charge < -0.3 is 20.7 Å². The zero-order valence-corrected chi connectivity index (χ0v) is 17.1. The minimum Gasteiger partial charge on any atom is -0.489 e. The van der Waals surface area contributed by atoms with Crippen molar-refractivity contribution in [2.24, 2.45) is 0 Å². The van der Waals surface area contributed by atoms with Crippen molar-refractivity contribution >= 4 is 17.6 Å². The predicted octanol–water partition coefficient (Wildman–Crippen LogP) is 4.53. The third-order valence-corrected chi connectivity index (χ3v) is 5.01. The summed E-state index contributed by atoms with van der Waals surface area (Å²) in [5.74, 6) is 0.439. The zero-order valence-electron chi connectivity index (χ0n) is 17.1. The maximum absolute atomic E-state index is 13.0. The molecule has 0 bridgehead atoms. The number of urea groups is 1. The number of benzene rings is 3. The molecule has 4 rings (SSSR count). The molecule has 3 aromatic rings. The van der Waals surface area contributed by atoms with Gasteiger partial charge in [-0.1, -0.05) is 60.7 Å². The first-order valence-corrected chi connectivity index (χ1v) is 10.0. The molecular formula is C25H23N3O3. The largest absolute Gasteiger partial charge is 0.489 e. The van der Waals surface area contributed by atoms with Gasteiger partial charge in [0.15, 0.2) is 0 Å². The summed E-state index contributed by atoms with van der Waals surface area (Å²) in [5.41, 5.74) is 3.54. The Morgan fingerprint density at radius 3 is 2.26 bits per heavy atom. The second-order valence-corrected chi connectivity index (χ2v) is 7.23. The summed E-state index contributed by atoms with van der Waals surface area (Å²) in [7, 11) is 0. The molecule has 0 fully saturated rings. The van der Waals surface area contributed by atoms with Gasteiger partial charge in [-0.25, -0.2) is 4.79 Å². The highest BCUT2D eigenvalue weighted by molar-refractivity contribution is 6.06. The minimum absolute atomic E-state index is 0.273. The van der Waals surface area contributed by atoms with Crippen LogP contribution >= 0.6 is 0 Å². The first-order valence-electron chi connectivity index (χ1n) is 10.0. The fraction of sp³-hybridized carbons (Fsp3) is 0.120. The first-order chi connectivity index (χ1) is 15.1. The second kappa shape index (κ2) is 9.17. The summed E-state index contributed by atoms with van der Waals surface area (Å²) in [4.78, 5) is 25.1. The van der Waals surface area contributed by atoms with Crippen molar-refractivity contribution in [3.63, 3.8) is 0 Å². The van der Waals surface area contributed by atoms with E-state index >= 15 is 0 Å². The molecule has 0 unspecified atom stereocenters. The first kappa shape index (κ1) is 20.2. The highest BCUT2D eigenvalue weighted by Crippen LogP contribution is 2.29. The molecule has 0 aliphatic carbocycles. The Hall–Kier alpha value is -4.06.